The minimum Gasteiger partial charge on any atom is -0.356 e. The van der Waals surface area contributed by atoms with Crippen LogP contribution in [0.3, 0.4) is 0 Å². The van der Waals surface area contributed by atoms with Crippen molar-refractivity contribution in [3.05, 3.63) is 30.5 Å². The number of benzene rings is 1. The van der Waals surface area contributed by atoms with Gasteiger partial charge in [0.1, 0.15) is 0 Å². The molecule has 2 aromatic rings. The summed E-state index contributed by atoms with van der Waals surface area (Å²) in [6, 6.07) is 7.74. The van der Waals surface area contributed by atoms with Crippen LogP contribution in [0.25, 0.3) is 11.0 Å². The van der Waals surface area contributed by atoms with Crippen molar-refractivity contribution in [3.63, 3.8) is 0 Å². The van der Waals surface area contributed by atoms with Gasteiger partial charge in [0.05, 0.1) is 6.20 Å². The molecule has 1 heterocycles. The van der Waals surface area contributed by atoms with E-state index in [1.807, 2.05) is 24.3 Å². The van der Waals surface area contributed by atoms with Gasteiger partial charge in [0.2, 0.25) is 0 Å². The molecule has 0 aliphatic carbocycles. The van der Waals surface area contributed by atoms with Gasteiger partial charge in [0, 0.05) is 6.81 Å². The highest BCUT2D eigenvalue weighted by Crippen LogP contribution is 2.10. The summed E-state index contributed by atoms with van der Waals surface area (Å²) in [5.74, 6) is 0. The number of para-hydroxylation sites is 1. The van der Waals surface area contributed by atoms with Crippen LogP contribution in [0.5, 0.6) is 0 Å². The first-order chi connectivity index (χ1) is 4.47. The van der Waals surface area contributed by atoms with E-state index >= 15 is 0 Å². The first-order valence-electron chi connectivity index (χ1n) is 2.76. The average molecular weight is 121 g/mol. The SMILES string of the molecule is [HH].c1ccc2oncc2c1. The van der Waals surface area contributed by atoms with Crippen molar-refractivity contribution >= 4 is 11.0 Å². The van der Waals surface area contributed by atoms with E-state index in [-0.39, 0.29) is 1.43 Å². The minimum absolute atomic E-state index is 0. The molecule has 0 radical (unpaired) electrons. The first-order valence-corrected chi connectivity index (χ1v) is 2.76. The lowest BCUT2D eigenvalue weighted by Crippen LogP contribution is -1.57. The van der Waals surface area contributed by atoms with E-state index in [4.69, 9.17) is 4.52 Å². The zero-order valence-corrected chi connectivity index (χ0v) is 4.74. The Labute approximate surface area is 53.6 Å². The Morgan fingerprint density at radius 1 is 1.33 bits per heavy atom. The summed E-state index contributed by atoms with van der Waals surface area (Å²) in [6.45, 7) is 0. The van der Waals surface area contributed by atoms with Gasteiger partial charge in [-0.25, -0.2) is 0 Å². The topological polar surface area (TPSA) is 26.0 Å². The molecule has 0 amide bonds. The van der Waals surface area contributed by atoms with Crippen LogP contribution in [-0.4, -0.2) is 5.16 Å². The molecular formula is C7H7NO. The molecule has 0 N–H and O–H groups in total. The average Bonchev–Trinajstić information content (AvgIpc) is 2.33. The Bertz CT molecular complexity index is 288. The fourth-order valence-corrected chi connectivity index (χ4v) is 0.810. The molecule has 0 spiro atoms. The Hall–Kier alpha value is -1.31. The predicted octanol–water partition coefficient (Wildman–Crippen LogP) is 2.07. The Morgan fingerprint density at radius 3 is 3.11 bits per heavy atom. The Morgan fingerprint density at radius 2 is 2.22 bits per heavy atom. The van der Waals surface area contributed by atoms with E-state index in [2.05, 4.69) is 5.16 Å². The molecule has 0 unspecified atom stereocenters. The van der Waals surface area contributed by atoms with Crippen molar-refractivity contribution < 1.29 is 5.95 Å². The zero-order valence-electron chi connectivity index (χ0n) is 4.74. The highest BCUT2D eigenvalue weighted by atomic mass is 16.5. The lowest BCUT2D eigenvalue weighted by Gasteiger charge is -1.78. The highest BCUT2D eigenvalue weighted by molar-refractivity contribution is 5.75. The maximum absolute atomic E-state index is 4.87. The van der Waals surface area contributed by atoms with Crippen molar-refractivity contribution in [2.24, 2.45) is 0 Å². The standard InChI is InChI=1S/C7H5NO.H2/c1-2-4-7-6(3-1)5-8-9-7;/h1-5H;1H. The second kappa shape index (κ2) is 1.58. The van der Waals surface area contributed by atoms with Gasteiger partial charge < -0.3 is 4.52 Å². The van der Waals surface area contributed by atoms with Crippen molar-refractivity contribution in [2.45, 2.75) is 0 Å². The summed E-state index contributed by atoms with van der Waals surface area (Å²) in [5.41, 5.74) is 0.845. The van der Waals surface area contributed by atoms with Gasteiger partial charge in [0.25, 0.3) is 0 Å². The largest absolute Gasteiger partial charge is 0.356 e. The summed E-state index contributed by atoms with van der Waals surface area (Å²) in [6.07, 6.45) is 1.70. The molecule has 2 nitrogen and oxygen atoms in total. The molecule has 9 heavy (non-hydrogen) atoms. The molecule has 0 saturated heterocycles. The molecule has 1 aromatic heterocycles. The van der Waals surface area contributed by atoms with Gasteiger partial charge in [-0.05, 0) is 12.1 Å². The molecule has 46 valence electrons. The van der Waals surface area contributed by atoms with Crippen molar-refractivity contribution in [3.8, 4) is 0 Å². The molecule has 1 aromatic carbocycles. The number of nitrogens with zero attached hydrogens (tertiary/aromatic N) is 1. The number of aromatic nitrogens is 1. The smallest absolute Gasteiger partial charge is 0.166 e. The van der Waals surface area contributed by atoms with Gasteiger partial charge in [-0.3, -0.25) is 0 Å². The van der Waals surface area contributed by atoms with Crippen LogP contribution in [0.4, 0.5) is 0 Å². The summed E-state index contributed by atoms with van der Waals surface area (Å²) in [4.78, 5) is 0. The van der Waals surface area contributed by atoms with E-state index in [0.717, 1.165) is 11.0 Å². The number of rotatable bonds is 0. The molecule has 2 rings (SSSR count). The van der Waals surface area contributed by atoms with Crippen LogP contribution in [0.15, 0.2) is 35.0 Å². The predicted molar refractivity (Wildman–Crippen MR) is 36.1 cm³/mol. The van der Waals surface area contributed by atoms with E-state index in [9.17, 15) is 0 Å². The monoisotopic (exact) mass is 121 g/mol. The summed E-state index contributed by atoms with van der Waals surface area (Å²) in [5, 5.41) is 4.68. The molecule has 0 saturated carbocycles. The van der Waals surface area contributed by atoms with E-state index in [1.54, 1.807) is 6.20 Å². The van der Waals surface area contributed by atoms with Crippen LogP contribution >= 0.6 is 0 Å². The number of fused-ring (bicyclic) bond motifs is 1. The van der Waals surface area contributed by atoms with Crippen molar-refractivity contribution in [1.29, 1.82) is 0 Å². The fraction of sp³-hybridized carbons (Fsp3) is 0. The third kappa shape index (κ3) is 0.598. The summed E-state index contributed by atoms with van der Waals surface area (Å²) >= 11 is 0. The molecule has 0 aliphatic heterocycles. The number of hydrogen-bond donors (Lipinski definition) is 0. The van der Waals surface area contributed by atoms with E-state index in [0.29, 0.717) is 0 Å². The highest BCUT2D eigenvalue weighted by Gasteiger charge is 1.91. The normalized spacial score (nSPS) is 10.2. The maximum atomic E-state index is 4.87. The second-order valence-corrected chi connectivity index (χ2v) is 1.86. The van der Waals surface area contributed by atoms with Crippen LogP contribution in [0, 0.1) is 0 Å². The quantitative estimate of drug-likeness (QED) is 0.533. The Balaban J connectivity index is 0.000000500. The summed E-state index contributed by atoms with van der Waals surface area (Å²) in [7, 11) is 0. The zero-order chi connectivity index (χ0) is 6.10. The van der Waals surface area contributed by atoms with Gasteiger partial charge >= 0.3 is 0 Å². The molecule has 0 atom stereocenters. The van der Waals surface area contributed by atoms with Crippen molar-refractivity contribution in [2.75, 3.05) is 0 Å². The van der Waals surface area contributed by atoms with Crippen LogP contribution in [0.1, 0.15) is 1.43 Å². The van der Waals surface area contributed by atoms with E-state index < -0.39 is 0 Å². The van der Waals surface area contributed by atoms with Crippen LogP contribution in [0.2, 0.25) is 0 Å². The molecular weight excluding hydrogens is 114 g/mol. The van der Waals surface area contributed by atoms with Crippen LogP contribution in [-0.2, 0) is 0 Å². The maximum Gasteiger partial charge on any atom is 0.166 e. The van der Waals surface area contributed by atoms with Gasteiger partial charge in [-0.15, -0.1) is 0 Å². The molecule has 0 bridgehead atoms. The lowest BCUT2D eigenvalue weighted by molar-refractivity contribution is 0.456. The van der Waals surface area contributed by atoms with Gasteiger partial charge in [-0.2, -0.15) is 0 Å². The summed E-state index contributed by atoms with van der Waals surface area (Å²) < 4.78 is 4.87. The third-order valence-corrected chi connectivity index (χ3v) is 1.26. The van der Waals surface area contributed by atoms with Gasteiger partial charge in [-0.1, -0.05) is 17.3 Å². The van der Waals surface area contributed by atoms with E-state index in [1.165, 1.54) is 0 Å². The fourth-order valence-electron chi connectivity index (χ4n) is 0.810. The molecule has 2 heteroatoms. The molecule has 0 fully saturated rings. The second-order valence-electron chi connectivity index (χ2n) is 1.86. The van der Waals surface area contributed by atoms with Gasteiger partial charge in [0.15, 0.2) is 5.58 Å². The molecule has 0 aliphatic rings. The third-order valence-electron chi connectivity index (χ3n) is 1.26. The first kappa shape index (κ1) is 4.56. The Kier molecular flexibility index (Phi) is 0.803. The minimum atomic E-state index is 0. The number of hydrogen-bond acceptors (Lipinski definition) is 2. The van der Waals surface area contributed by atoms with Crippen LogP contribution < -0.4 is 0 Å². The lowest BCUT2D eigenvalue weighted by atomic mass is 10.3. The van der Waals surface area contributed by atoms with Crippen molar-refractivity contribution in [1.82, 2.24) is 5.16 Å².